The van der Waals surface area contributed by atoms with Gasteiger partial charge in [0.1, 0.15) is 11.5 Å². The summed E-state index contributed by atoms with van der Waals surface area (Å²) in [5.41, 5.74) is 9.10. The van der Waals surface area contributed by atoms with Crippen molar-refractivity contribution in [2.75, 3.05) is 0 Å². The third kappa shape index (κ3) is 12.2. The lowest BCUT2D eigenvalue weighted by atomic mass is 9.97. The van der Waals surface area contributed by atoms with Gasteiger partial charge < -0.3 is 9.47 Å². The first-order valence-corrected chi connectivity index (χ1v) is 22.0. The maximum absolute atomic E-state index is 12.7. The largest absolute Gasteiger partial charge is 0.573 e. The van der Waals surface area contributed by atoms with Crippen LogP contribution in [0.5, 0.6) is 11.5 Å². The summed E-state index contributed by atoms with van der Waals surface area (Å²) in [6.45, 7) is 3.90. The average molecular weight is 1410 g/mol. The SMILES string of the molecule is C=C/C=C(\C(I)=C/Cc1ccc(OC(F)(F)F)cc1I)c1ccc(Cc2ccc(-c3ccc(-c4ccc(OC(F)(F)F)cc4I)cc3I)cc2I)c(I)c1. The lowest BCUT2D eigenvalue weighted by Gasteiger charge is -2.14. The Morgan fingerprint density at radius 3 is 1.56 bits per heavy atom. The standard InChI is InChI=1S/C40H24F6I6O2/c1-2-3-30(33(47)15-10-22-8-11-28(20-36(22)50)53-39(41,42)43)23-4-6-26(34(48)17-23)16-27-7-5-24(18-35(27)49)31-13-9-25(19-37(31)51)32-14-12-29(21-38(32)52)54-40(44,45)46/h2-9,11-15,17-21H,1,10,16H2/b30-3-,33-15+. The van der Waals surface area contributed by atoms with Crippen molar-refractivity contribution < 1.29 is 35.8 Å². The van der Waals surface area contributed by atoms with Crippen LogP contribution in [0.2, 0.25) is 0 Å². The van der Waals surface area contributed by atoms with Gasteiger partial charge in [-0.05, 0) is 247 Å². The Bertz CT molecular complexity index is 2260. The summed E-state index contributed by atoms with van der Waals surface area (Å²) in [4.78, 5) is 0. The highest BCUT2D eigenvalue weighted by Crippen LogP contribution is 2.37. The van der Waals surface area contributed by atoms with E-state index >= 15 is 0 Å². The summed E-state index contributed by atoms with van der Waals surface area (Å²) in [6, 6.07) is 27.5. The van der Waals surface area contributed by atoms with Crippen molar-refractivity contribution in [3.63, 3.8) is 0 Å². The van der Waals surface area contributed by atoms with Crippen LogP contribution in [0.1, 0.15) is 22.3 Å². The molecule has 0 spiro atoms. The van der Waals surface area contributed by atoms with E-state index in [0.29, 0.717) is 13.6 Å². The molecular formula is C40H24F6I6O2. The molecule has 0 atom stereocenters. The molecule has 0 radical (unpaired) electrons. The first kappa shape index (κ1) is 44.0. The van der Waals surface area contributed by atoms with Crippen molar-refractivity contribution in [2.45, 2.75) is 25.6 Å². The first-order valence-electron chi connectivity index (χ1n) is 15.6. The number of halogens is 12. The van der Waals surface area contributed by atoms with Gasteiger partial charge in [-0.25, -0.2) is 0 Å². The molecule has 0 aliphatic rings. The molecule has 5 aromatic rings. The number of alkyl halides is 6. The van der Waals surface area contributed by atoms with Crippen LogP contribution < -0.4 is 9.47 Å². The highest BCUT2D eigenvalue weighted by molar-refractivity contribution is 14.1. The van der Waals surface area contributed by atoms with Crippen LogP contribution in [-0.4, -0.2) is 12.7 Å². The van der Waals surface area contributed by atoms with Gasteiger partial charge in [-0.3, -0.25) is 0 Å². The fourth-order valence-electron chi connectivity index (χ4n) is 5.40. The predicted molar refractivity (Wildman–Crippen MR) is 254 cm³/mol. The number of allylic oxidation sites excluding steroid dienone is 5. The van der Waals surface area contributed by atoms with Crippen LogP contribution >= 0.6 is 136 Å². The average Bonchev–Trinajstić information content (AvgIpc) is 3.07. The molecule has 0 saturated heterocycles. The Morgan fingerprint density at radius 2 is 1.04 bits per heavy atom. The third-order valence-corrected chi connectivity index (χ3v) is 13.7. The van der Waals surface area contributed by atoms with Crippen LogP contribution in [0, 0.1) is 17.9 Å². The zero-order valence-corrected chi connectivity index (χ0v) is 40.3. The molecule has 5 aromatic carbocycles. The number of hydrogen-bond acceptors (Lipinski definition) is 2. The van der Waals surface area contributed by atoms with Crippen molar-refractivity contribution in [2.24, 2.45) is 0 Å². The third-order valence-electron chi connectivity index (χ3n) is 7.86. The van der Waals surface area contributed by atoms with Crippen LogP contribution in [0.4, 0.5) is 26.3 Å². The molecule has 0 unspecified atom stereocenters. The molecule has 0 aromatic heterocycles. The Kier molecular flexibility index (Phi) is 15.6. The van der Waals surface area contributed by atoms with Crippen LogP contribution in [0.3, 0.4) is 0 Å². The molecule has 0 heterocycles. The summed E-state index contributed by atoms with van der Waals surface area (Å²) in [7, 11) is 0. The minimum absolute atomic E-state index is 0.243. The van der Waals surface area contributed by atoms with E-state index in [1.165, 1.54) is 35.4 Å². The summed E-state index contributed by atoms with van der Waals surface area (Å²) in [5.74, 6) is -0.493. The lowest BCUT2D eigenvalue weighted by molar-refractivity contribution is -0.275. The fourth-order valence-corrected chi connectivity index (χ4v) is 9.85. The van der Waals surface area contributed by atoms with E-state index in [1.807, 2.05) is 75.5 Å². The second-order valence-electron chi connectivity index (χ2n) is 11.5. The van der Waals surface area contributed by atoms with Gasteiger partial charge >= 0.3 is 12.7 Å². The van der Waals surface area contributed by atoms with Gasteiger partial charge in [-0.1, -0.05) is 67.3 Å². The normalized spacial score (nSPS) is 12.5. The minimum Gasteiger partial charge on any atom is -0.406 e. The quantitative estimate of drug-likeness (QED) is 0.0745. The van der Waals surface area contributed by atoms with E-state index in [4.69, 9.17) is 0 Å². The van der Waals surface area contributed by atoms with E-state index in [-0.39, 0.29) is 11.5 Å². The second kappa shape index (κ2) is 19.1. The molecule has 0 aliphatic carbocycles. The van der Waals surface area contributed by atoms with Gasteiger partial charge in [-0.2, -0.15) is 0 Å². The van der Waals surface area contributed by atoms with Crippen molar-refractivity contribution in [1.29, 1.82) is 0 Å². The van der Waals surface area contributed by atoms with Crippen LogP contribution in [0.25, 0.3) is 27.8 Å². The van der Waals surface area contributed by atoms with E-state index in [0.717, 1.165) is 59.7 Å². The van der Waals surface area contributed by atoms with Crippen molar-refractivity contribution in [3.05, 3.63) is 159 Å². The smallest absolute Gasteiger partial charge is 0.406 e. The fraction of sp³-hybridized carbons (Fsp3) is 0.100. The molecule has 0 N–H and O–H groups in total. The molecule has 54 heavy (non-hydrogen) atoms. The summed E-state index contributed by atoms with van der Waals surface area (Å²) >= 11 is 13.4. The molecule has 0 aliphatic heterocycles. The second-order valence-corrected chi connectivity index (χ2v) is 18.5. The number of ether oxygens (including phenoxy) is 2. The van der Waals surface area contributed by atoms with Crippen LogP contribution in [-0.2, 0) is 12.8 Å². The zero-order valence-electron chi connectivity index (χ0n) is 27.4. The molecule has 2 nitrogen and oxygen atoms in total. The summed E-state index contributed by atoms with van der Waals surface area (Å²) in [6.07, 6.45) is -2.48. The minimum atomic E-state index is -4.74. The topological polar surface area (TPSA) is 18.5 Å². The number of rotatable bonds is 11. The highest BCUT2D eigenvalue weighted by Gasteiger charge is 2.32. The van der Waals surface area contributed by atoms with Gasteiger partial charge in [0, 0.05) is 21.4 Å². The van der Waals surface area contributed by atoms with E-state index in [2.05, 4.69) is 143 Å². The molecule has 14 heteroatoms. The van der Waals surface area contributed by atoms with E-state index < -0.39 is 12.7 Å². The molecule has 0 saturated carbocycles. The van der Waals surface area contributed by atoms with Crippen molar-refractivity contribution in [1.82, 2.24) is 0 Å². The Morgan fingerprint density at radius 1 is 0.574 bits per heavy atom. The molecular weight excluding hydrogens is 1390 g/mol. The summed E-state index contributed by atoms with van der Waals surface area (Å²) in [5, 5.41) is 0. The Hall–Kier alpha value is -1.12. The van der Waals surface area contributed by atoms with Crippen molar-refractivity contribution in [3.8, 4) is 33.8 Å². The van der Waals surface area contributed by atoms with Gasteiger partial charge in [0.25, 0.3) is 0 Å². The van der Waals surface area contributed by atoms with E-state index in [9.17, 15) is 26.3 Å². The maximum atomic E-state index is 12.7. The molecule has 0 fully saturated rings. The van der Waals surface area contributed by atoms with Gasteiger partial charge in [0.2, 0.25) is 0 Å². The van der Waals surface area contributed by atoms with Crippen molar-refractivity contribution >= 4 is 141 Å². The van der Waals surface area contributed by atoms with E-state index in [1.54, 1.807) is 18.2 Å². The molecule has 5 rings (SSSR count). The molecule has 0 bridgehead atoms. The predicted octanol–water partition coefficient (Wildman–Crippen LogP) is 15.6. The number of hydrogen-bond donors (Lipinski definition) is 0. The zero-order chi connectivity index (χ0) is 39.4. The molecule has 280 valence electrons. The summed E-state index contributed by atoms with van der Waals surface area (Å²) < 4.78 is 89.6. The van der Waals surface area contributed by atoms with Gasteiger partial charge in [0.05, 0.1) is 0 Å². The Balaban J connectivity index is 1.30. The Labute approximate surface area is 390 Å². The van der Waals surface area contributed by atoms with Crippen LogP contribution in [0.15, 0.2) is 119 Å². The van der Waals surface area contributed by atoms with Gasteiger partial charge in [0.15, 0.2) is 0 Å². The maximum Gasteiger partial charge on any atom is 0.573 e. The first-order chi connectivity index (χ1) is 25.4. The molecule has 0 amide bonds. The highest BCUT2D eigenvalue weighted by atomic mass is 127. The lowest BCUT2D eigenvalue weighted by Crippen LogP contribution is -2.17. The number of benzene rings is 5. The monoisotopic (exact) mass is 1410 g/mol. The van der Waals surface area contributed by atoms with Gasteiger partial charge in [-0.15, -0.1) is 26.3 Å².